The maximum atomic E-state index is 13.2. The number of hydrogen-bond donors (Lipinski definition) is 0. The van der Waals surface area contributed by atoms with Gasteiger partial charge in [-0.1, -0.05) is 19.3 Å². The van der Waals surface area contributed by atoms with Crippen LogP contribution < -0.4 is 9.04 Å². The first-order chi connectivity index (χ1) is 14.5. The van der Waals surface area contributed by atoms with E-state index in [4.69, 9.17) is 4.74 Å². The minimum absolute atomic E-state index is 0.124. The van der Waals surface area contributed by atoms with Crippen LogP contribution in [0.1, 0.15) is 49.1 Å². The van der Waals surface area contributed by atoms with E-state index in [9.17, 15) is 13.2 Å². The summed E-state index contributed by atoms with van der Waals surface area (Å²) in [5, 5.41) is 4.07. The van der Waals surface area contributed by atoms with Crippen molar-refractivity contribution >= 4 is 21.9 Å². The fraction of sp³-hybridized carbons (Fsp3) is 0.550. The van der Waals surface area contributed by atoms with E-state index < -0.39 is 16.0 Å². The van der Waals surface area contributed by atoms with Gasteiger partial charge in [-0.2, -0.15) is 4.98 Å². The maximum absolute atomic E-state index is 13.2. The number of methoxy groups -OCH3 is 1. The van der Waals surface area contributed by atoms with Crippen molar-refractivity contribution in [2.75, 3.05) is 24.6 Å². The molecule has 1 fully saturated rings. The highest BCUT2D eigenvalue weighted by atomic mass is 32.2. The van der Waals surface area contributed by atoms with Crippen molar-refractivity contribution in [1.29, 1.82) is 0 Å². The van der Waals surface area contributed by atoms with Gasteiger partial charge >= 0.3 is 5.97 Å². The average Bonchev–Trinajstić information content (AvgIpc) is 3.22. The van der Waals surface area contributed by atoms with Crippen molar-refractivity contribution < 1.29 is 22.7 Å². The molecule has 4 rings (SSSR count). The quantitative estimate of drug-likeness (QED) is 0.644. The molecular weight excluding hydrogens is 408 g/mol. The Kier molecular flexibility index (Phi) is 5.94. The number of benzene rings is 1. The smallest absolute Gasteiger partial charge is 0.378 e. The molecule has 30 heavy (non-hydrogen) atoms. The van der Waals surface area contributed by atoms with E-state index in [1.54, 1.807) is 24.3 Å². The molecule has 2 aliphatic rings. The van der Waals surface area contributed by atoms with Gasteiger partial charge in [-0.3, -0.25) is 0 Å². The van der Waals surface area contributed by atoms with Crippen molar-refractivity contribution in [3.05, 3.63) is 30.1 Å². The summed E-state index contributed by atoms with van der Waals surface area (Å²) in [5.41, 5.74) is 0. The molecule has 0 radical (unpaired) electrons. The lowest BCUT2D eigenvalue weighted by Crippen LogP contribution is -2.38. The third kappa shape index (κ3) is 4.14. The monoisotopic (exact) mass is 434 g/mol. The van der Waals surface area contributed by atoms with Crippen LogP contribution in [0.4, 0.5) is 5.95 Å². The number of rotatable bonds is 6. The molecule has 1 aromatic carbocycles. The van der Waals surface area contributed by atoms with Gasteiger partial charge in [0, 0.05) is 13.1 Å². The second kappa shape index (κ2) is 8.63. The lowest BCUT2D eigenvalue weighted by molar-refractivity contribution is 0.0586. The number of fused-ring (bicyclic) bond motifs is 1. The van der Waals surface area contributed by atoms with Crippen LogP contribution in [0.5, 0.6) is 5.75 Å². The average molecular weight is 435 g/mol. The lowest BCUT2D eigenvalue weighted by atomic mass is 9.90. The van der Waals surface area contributed by atoms with E-state index in [2.05, 4.69) is 14.8 Å². The molecule has 162 valence electrons. The normalized spacial score (nSPS) is 17.4. The standard InChI is InChI=1S/C20H26N4O5S/c1-28-19(25)18-21-20-23(22-18)12-5-13-24(20)30(26,27)17-10-8-16(9-11-17)29-14-15-6-3-2-4-7-15/h8-11,15H,2-7,12-14H2,1H3. The highest BCUT2D eigenvalue weighted by Crippen LogP contribution is 2.28. The predicted octanol–water partition coefficient (Wildman–Crippen LogP) is 2.62. The molecule has 1 aliphatic heterocycles. The van der Waals surface area contributed by atoms with Crippen LogP contribution >= 0.6 is 0 Å². The zero-order valence-electron chi connectivity index (χ0n) is 17.0. The van der Waals surface area contributed by atoms with E-state index in [1.807, 2.05) is 0 Å². The highest BCUT2D eigenvalue weighted by Gasteiger charge is 2.33. The molecule has 1 saturated carbocycles. The summed E-state index contributed by atoms with van der Waals surface area (Å²) in [6.45, 7) is 1.42. The van der Waals surface area contributed by atoms with Crippen LogP contribution in [0.15, 0.2) is 29.2 Å². The molecular formula is C20H26N4O5S. The van der Waals surface area contributed by atoms with E-state index >= 15 is 0 Å². The Morgan fingerprint density at radius 3 is 2.53 bits per heavy atom. The second-order valence-electron chi connectivity index (χ2n) is 7.67. The predicted molar refractivity (Wildman–Crippen MR) is 109 cm³/mol. The second-order valence-corrected chi connectivity index (χ2v) is 9.53. The number of carbonyl (C=O) groups is 1. The topological polar surface area (TPSA) is 104 Å². The van der Waals surface area contributed by atoms with Gasteiger partial charge in [0.05, 0.1) is 18.6 Å². The van der Waals surface area contributed by atoms with Crippen LogP contribution in [0.2, 0.25) is 0 Å². The first kappa shape index (κ1) is 20.6. The van der Waals surface area contributed by atoms with Gasteiger partial charge < -0.3 is 9.47 Å². The van der Waals surface area contributed by atoms with Gasteiger partial charge in [-0.05, 0) is 49.4 Å². The minimum atomic E-state index is -3.84. The van der Waals surface area contributed by atoms with Crippen molar-refractivity contribution in [1.82, 2.24) is 14.8 Å². The van der Waals surface area contributed by atoms with Gasteiger partial charge in [0.25, 0.3) is 15.8 Å². The third-order valence-corrected chi connectivity index (χ3v) is 7.39. The molecule has 0 amide bonds. The van der Waals surface area contributed by atoms with Gasteiger partial charge in [-0.15, -0.1) is 5.10 Å². The van der Waals surface area contributed by atoms with Crippen molar-refractivity contribution in [3.63, 3.8) is 0 Å². The minimum Gasteiger partial charge on any atom is -0.493 e. The van der Waals surface area contributed by atoms with Crippen LogP contribution in [0.3, 0.4) is 0 Å². The molecule has 2 heterocycles. The number of carbonyl (C=O) groups excluding carboxylic acids is 1. The molecule has 2 aromatic rings. The summed E-state index contributed by atoms with van der Waals surface area (Å²) < 4.78 is 39.5. The Morgan fingerprint density at radius 2 is 1.83 bits per heavy atom. The first-order valence-electron chi connectivity index (χ1n) is 10.3. The Morgan fingerprint density at radius 1 is 1.10 bits per heavy atom. The van der Waals surface area contributed by atoms with Crippen molar-refractivity contribution in [2.24, 2.45) is 5.92 Å². The maximum Gasteiger partial charge on any atom is 0.378 e. The number of ether oxygens (including phenoxy) is 2. The van der Waals surface area contributed by atoms with E-state index in [1.165, 1.54) is 48.2 Å². The van der Waals surface area contributed by atoms with Crippen molar-refractivity contribution in [2.45, 2.75) is 50.0 Å². The van der Waals surface area contributed by atoms with Crippen molar-refractivity contribution in [3.8, 4) is 5.75 Å². The number of esters is 1. The molecule has 0 bridgehead atoms. The number of hydrogen-bond acceptors (Lipinski definition) is 7. The van der Waals surface area contributed by atoms with Crippen LogP contribution in [0.25, 0.3) is 0 Å². The largest absolute Gasteiger partial charge is 0.493 e. The van der Waals surface area contributed by atoms with Crippen LogP contribution in [0, 0.1) is 5.92 Å². The first-order valence-corrected chi connectivity index (χ1v) is 11.7. The fourth-order valence-electron chi connectivity index (χ4n) is 3.94. The molecule has 0 unspecified atom stereocenters. The molecule has 0 atom stereocenters. The van der Waals surface area contributed by atoms with E-state index in [0.29, 0.717) is 31.2 Å². The summed E-state index contributed by atoms with van der Waals surface area (Å²) in [4.78, 5) is 16.0. The van der Waals surface area contributed by atoms with E-state index in [-0.39, 0.29) is 23.2 Å². The van der Waals surface area contributed by atoms with E-state index in [0.717, 1.165) is 0 Å². The van der Waals surface area contributed by atoms with Gasteiger partial charge in [0.2, 0.25) is 5.95 Å². The number of sulfonamides is 1. The van der Waals surface area contributed by atoms with Gasteiger partial charge in [0.1, 0.15) is 5.75 Å². The Bertz CT molecular complexity index is 997. The summed E-state index contributed by atoms with van der Waals surface area (Å²) in [7, 11) is -2.61. The highest BCUT2D eigenvalue weighted by molar-refractivity contribution is 7.92. The van der Waals surface area contributed by atoms with Gasteiger partial charge in [-0.25, -0.2) is 22.2 Å². The third-order valence-electron chi connectivity index (χ3n) is 5.60. The number of aromatic nitrogens is 3. The SMILES string of the molecule is COC(=O)c1nc2n(n1)CCCN2S(=O)(=O)c1ccc(OCC2CCCCC2)cc1. The molecule has 10 heteroatoms. The zero-order valence-corrected chi connectivity index (χ0v) is 17.8. The Hall–Kier alpha value is -2.62. The summed E-state index contributed by atoms with van der Waals surface area (Å²) in [5.74, 6) is 0.509. The Labute approximate surface area is 176 Å². The molecule has 0 spiro atoms. The molecule has 0 saturated heterocycles. The molecule has 9 nitrogen and oxygen atoms in total. The lowest BCUT2D eigenvalue weighted by Gasteiger charge is -2.27. The summed E-state index contributed by atoms with van der Waals surface area (Å²) >= 11 is 0. The molecule has 0 N–H and O–H groups in total. The van der Waals surface area contributed by atoms with Crippen LogP contribution in [-0.4, -0.2) is 49.4 Å². The number of aryl methyl sites for hydroxylation is 1. The molecule has 1 aromatic heterocycles. The van der Waals surface area contributed by atoms with Crippen LogP contribution in [-0.2, 0) is 21.3 Å². The van der Waals surface area contributed by atoms with Gasteiger partial charge in [0.15, 0.2) is 0 Å². The molecule has 1 aliphatic carbocycles. The summed E-state index contributed by atoms with van der Waals surface area (Å²) in [6, 6.07) is 6.46. The fourth-order valence-corrected chi connectivity index (χ4v) is 5.39. The number of nitrogens with zero attached hydrogens (tertiary/aromatic N) is 4. The summed E-state index contributed by atoms with van der Waals surface area (Å²) in [6.07, 6.45) is 6.76. The zero-order chi connectivity index (χ0) is 21.1. The number of anilines is 1. The Balaban J connectivity index is 1.50.